The molecule has 1 fully saturated rings. The SMILES string of the molecule is CCNC(=O)c1ccc(NC(=O)C2CCCC(N)C2)cc1. The highest BCUT2D eigenvalue weighted by atomic mass is 16.2. The molecule has 2 atom stereocenters. The zero-order chi connectivity index (χ0) is 15.2. The van der Waals surface area contributed by atoms with Crippen molar-refractivity contribution in [3.05, 3.63) is 29.8 Å². The quantitative estimate of drug-likeness (QED) is 0.791. The molecule has 0 spiro atoms. The molecule has 5 nitrogen and oxygen atoms in total. The number of rotatable bonds is 4. The first-order chi connectivity index (χ1) is 10.1. The minimum Gasteiger partial charge on any atom is -0.352 e. The molecule has 2 unspecified atom stereocenters. The average molecular weight is 289 g/mol. The van der Waals surface area contributed by atoms with Gasteiger partial charge in [-0.15, -0.1) is 0 Å². The van der Waals surface area contributed by atoms with E-state index < -0.39 is 0 Å². The summed E-state index contributed by atoms with van der Waals surface area (Å²) in [6.07, 6.45) is 3.67. The first-order valence-electron chi connectivity index (χ1n) is 7.55. The van der Waals surface area contributed by atoms with Crippen molar-refractivity contribution in [3.63, 3.8) is 0 Å². The lowest BCUT2D eigenvalue weighted by Crippen LogP contribution is -2.34. The number of nitrogens with two attached hydrogens (primary N) is 1. The van der Waals surface area contributed by atoms with Crippen molar-refractivity contribution >= 4 is 17.5 Å². The van der Waals surface area contributed by atoms with Gasteiger partial charge in [0.15, 0.2) is 0 Å². The van der Waals surface area contributed by atoms with Gasteiger partial charge in [-0.05, 0) is 50.5 Å². The summed E-state index contributed by atoms with van der Waals surface area (Å²) < 4.78 is 0. The molecule has 2 amide bonds. The van der Waals surface area contributed by atoms with Crippen LogP contribution >= 0.6 is 0 Å². The van der Waals surface area contributed by atoms with Crippen molar-refractivity contribution in [3.8, 4) is 0 Å². The van der Waals surface area contributed by atoms with Gasteiger partial charge in [-0.1, -0.05) is 6.42 Å². The monoisotopic (exact) mass is 289 g/mol. The number of hydrogen-bond acceptors (Lipinski definition) is 3. The van der Waals surface area contributed by atoms with Crippen molar-refractivity contribution < 1.29 is 9.59 Å². The highest BCUT2D eigenvalue weighted by Crippen LogP contribution is 2.24. The van der Waals surface area contributed by atoms with Crippen LogP contribution in [0.15, 0.2) is 24.3 Å². The number of benzene rings is 1. The lowest BCUT2D eigenvalue weighted by molar-refractivity contribution is -0.120. The summed E-state index contributed by atoms with van der Waals surface area (Å²) in [6.45, 7) is 2.47. The fourth-order valence-corrected chi connectivity index (χ4v) is 2.68. The van der Waals surface area contributed by atoms with E-state index in [-0.39, 0.29) is 23.8 Å². The number of hydrogen-bond donors (Lipinski definition) is 3. The third-order valence-electron chi connectivity index (χ3n) is 3.84. The summed E-state index contributed by atoms with van der Waals surface area (Å²) in [5, 5.41) is 5.64. The predicted octanol–water partition coefficient (Wildman–Crippen LogP) is 1.89. The molecule has 0 saturated heterocycles. The molecule has 4 N–H and O–H groups in total. The molecule has 0 aromatic heterocycles. The van der Waals surface area contributed by atoms with E-state index in [1.165, 1.54) is 0 Å². The Balaban J connectivity index is 1.93. The van der Waals surface area contributed by atoms with Gasteiger partial charge in [-0.3, -0.25) is 9.59 Å². The van der Waals surface area contributed by atoms with E-state index in [4.69, 9.17) is 5.73 Å². The summed E-state index contributed by atoms with van der Waals surface area (Å²) in [6, 6.07) is 7.08. The summed E-state index contributed by atoms with van der Waals surface area (Å²) in [5.41, 5.74) is 7.22. The standard InChI is InChI=1S/C16H23N3O2/c1-2-18-15(20)11-6-8-14(9-7-11)19-16(21)12-4-3-5-13(17)10-12/h6-9,12-13H,2-5,10,17H2,1H3,(H,18,20)(H,19,21). The largest absolute Gasteiger partial charge is 0.352 e. The van der Waals surface area contributed by atoms with Crippen molar-refractivity contribution in [2.45, 2.75) is 38.6 Å². The van der Waals surface area contributed by atoms with Crippen molar-refractivity contribution in [2.24, 2.45) is 11.7 Å². The third kappa shape index (κ3) is 4.29. The second-order valence-electron chi connectivity index (χ2n) is 5.55. The highest BCUT2D eigenvalue weighted by molar-refractivity contribution is 5.96. The Bertz CT molecular complexity index is 499. The van der Waals surface area contributed by atoms with Crippen LogP contribution in [0.3, 0.4) is 0 Å². The molecular formula is C16H23N3O2. The lowest BCUT2D eigenvalue weighted by atomic mass is 9.85. The number of carbonyl (C=O) groups excluding carboxylic acids is 2. The maximum Gasteiger partial charge on any atom is 0.251 e. The van der Waals surface area contributed by atoms with Crippen LogP contribution < -0.4 is 16.4 Å². The van der Waals surface area contributed by atoms with Gasteiger partial charge in [0.1, 0.15) is 0 Å². The van der Waals surface area contributed by atoms with Crippen molar-refractivity contribution in [1.82, 2.24) is 5.32 Å². The summed E-state index contributed by atoms with van der Waals surface area (Å²) in [7, 11) is 0. The van der Waals surface area contributed by atoms with Crippen molar-refractivity contribution in [1.29, 1.82) is 0 Å². The van der Waals surface area contributed by atoms with Crippen LogP contribution in [-0.2, 0) is 4.79 Å². The second kappa shape index (κ2) is 7.22. The first-order valence-corrected chi connectivity index (χ1v) is 7.55. The zero-order valence-electron chi connectivity index (χ0n) is 12.4. The Morgan fingerprint density at radius 3 is 2.57 bits per heavy atom. The maximum atomic E-state index is 12.2. The van der Waals surface area contributed by atoms with Crippen LogP contribution in [0.5, 0.6) is 0 Å². The van der Waals surface area contributed by atoms with E-state index in [0.29, 0.717) is 17.8 Å². The number of nitrogens with one attached hydrogen (secondary N) is 2. The number of carbonyl (C=O) groups is 2. The minimum absolute atomic E-state index is 0.00295. The number of anilines is 1. The van der Waals surface area contributed by atoms with Gasteiger partial charge in [0.05, 0.1) is 0 Å². The van der Waals surface area contributed by atoms with Crippen molar-refractivity contribution in [2.75, 3.05) is 11.9 Å². The Kier molecular flexibility index (Phi) is 5.33. The van der Waals surface area contributed by atoms with E-state index in [0.717, 1.165) is 25.7 Å². The van der Waals surface area contributed by atoms with Gasteiger partial charge in [0.25, 0.3) is 5.91 Å². The molecule has 1 aliphatic rings. The molecule has 5 heteroatoms. The van der Waals surface area contributed by atoms with Gasteiger partial charge in [0.2, 0.25) is 5.91 Å². The van der Waals surface area contributed by atoms with Crippen LogP contribution in [0.2, 0.25) is 0 Å². The molecule has 21 heavy (non-hydrogen) atoms. The van der Waals surface area contributed by atoms with Crippen LogP contribution in [0.4, 0.5) is 5.69 Å². The molecule has 1 saturated carbocycles. The average Bonchev–Trinajstić information content (AvgIpc) is 2.48. The van der Waals surface area contributed by atoms with Crippen LogP contribution in [0, 0.1) is 5.92 Å². The molecule has 1 aliphatic carbocycles. The molecule has 2 rings (SSSR count). The highest BCUT2D eigenvalue weighted by Gasteiger charge is 2.25. The molecular weight excluding hydrogens is 266 g/mol. The third-order valence-corrected chi connectivity index (χ3v) is 3.84. The second-order valence-corrected chi connectivity index (χ2v) is 5.55. The Morgan fingerprint density at radius 2 is 1.95 bits per heavy atom. The fourth-order valence-electron chi connectivity index (χ4n) is 2.68. The summed E-state index contributed by atoms with van der Waals surface area (Å²) >= 11 is 0. The van der Waals surface area contributed by atoms with E-state index in [1.807, 2.05) is 6.92 Å². The Hall–Kier alpha value is -1.88. The van der Waals surface area contributed by atoms with E-state index in [9.17, 15) is 9.59 Å². The van der Waals surface area contributed by atoms with E-state index in [2.05, 4.69) is 10.6 Å². The minimum atomic E-state index is -0.103. The molecule has 0 aliphatic heterocycles. The zero-order valence-corrected chi connectivity index (χ0v) is 12.4. The number of amides is 2. The molecule has 0 radical (unpaired) electrons. The molecule has 0 heterocycles. The predicted molar refractivity (Wildman–Crippen MR) is 83.0 cm³/mol. The van der Waals surface area contributed by atoms with Gasteiger partial charge in [-0.2, -0.15) is 0 Å². The lowest BCUT2D eigenvalue weighted by Gasteiger charge is -2.25. The summed E-state index contributed by atoms with van der Waals surface area (Å²) in [5.74, 6) is -0.0821. The van der Waals surface area contributed by atoms with Crippen LogP contribution in [-0.4, -0.2) is 24.4 Å². The first kappa shape index (κ1) is 15.5. The fraction of sp³-hybridized carbons (Fsp3) is 0.500. The molecule has 114 valence electrons. The van der Waals surface area contributed by atoms with Crippen LogP contribution in [0.1, 0.15) is 43.0 Å². The van der Waals surface area contributed by atoms with E-state index >= 15 is 0 Å². The van der Waals surface area contributed by atoms with Gasteiger partial charge in [0, 0.05) is 29.8 Å². The van der Waals surface area contributed by atoms with E-state index in [1.54, 1.807) is 24.3 Å². The topological polar surface area (TPSA) is 84.2 Å². The molecule has 1 aromatic carbocycles. The normalized spacial score (nSPS) is 21.6. The summed E-state index contributed by atoms with van der Waals surface area (Å²) in [4.78, 5) is 23.8. The smallest absolute Gasteiger partial charge is 0.251 e. The maximum absolute atomic E-state index is 12.2. The van der Waals surface area contributed by atoms with Gasteiger partial charge >= 0.3 is 0 Å². The van der Waals surface area contributed by atoms with Gasteiger partial charge < -0.3 is 16.4 Å². The van der Waals surface area contributed by atoms with Gasteiger partial charge in [-0.25, -0.2) is 0 Å². The van der Waals surface area contributed by atoms with Crippen LogP contribution in [0.25, 0.3) is 0 Å². The Morgan fingerprint density at radius 1 is 1.24 bits per heavy atom. The molecule has 1 aromatic rings. The Labute approximate surface area is 125 Å². The molecule has 0 bridgehead atoms.